The van der Waals surface area contributed by atoms with E-state index in [0.29, 0.717) is 13.1 Å². The number of fused-ring (bicyclic) bond motifs is 1. The van der Waals surface area contributed by atoms with E-state index in [1.54, 1.807) is 11.3 Å². The van der Waals surface area contributed by atoms with Crippen molar-refractivity contribution in [2.45, 2.75) is 26.3 Å². The molecule has 2 aromatic rings. The molecule has 3 rings (SSSR count). The predicted octanol–water partition coefficient (Wildman–Crippen LogP) is 3.02. The molecule has 1 aliphatic heterocycles. The molecule has 0 saturated carbocycles. The molecule has 118 valence electrons. The van der Waals surface area contributed by atoms with Crippen LogP contribution in [0.2, 0.25) is 0 Å². The Morgan fingerprint density at radius 1 is 1.41 bits per heavy atom. The van der Waals surface area contributed by atoms with Crippen molar-refractivity contribution in [1.29, 1.82) is 0 Å². The number of aromatic nitrogens is 1. The van der Waals surface area contributed by atoms with Gasteiger partial charge in [0.25, 0.3) is 5.91 Å². The highest BCUT2D eigenvalue weighted by atomic mass is 32.1. The number of thiophene rings is 1. The van der Waals surface area contributed by atoms with Crippen LogP contribution in [0.25, 0.3) is 10.2 Å². The van der Waals surface area contributed by atoms with Gasteiger partial charge in [-0.05, 0) is 45.0 Å². The second-order valence-corrected chi connectivity index (χ2v) is 7.13. The Bertz CT molecular complexity index is 679. The fraction of sp³-hybridized carbons (Fsp3) is 0.471. The van der Waals surface area contributed by atoms with Crippen molar-refractivity contribution in [3.63, 3.8) is 0 Å². The molecule has 1 fully saturated rings. The molecule has 0 spiro atoms. The van der Waals surface area contributed by atoms with E-state index in [2.05, 4.69) is 34.4 Å². The van der Waals surface area contributed by atoms with Gasteiger partial charge in [0.15, 0.2) is 0 Å². The van der Waals surface area contributed by atoms with Crippen molar-refractivity contribution < 1.29 is 4.79 Å². The summed E-state index contributed by atoms with van der Waals surface area (Å²) in [5.74, 6) is 0.0158. The van der Waals surface area contributed by atoms with E-state index >= 15 is 0 Å². The van der Waals surface area contributed by atoms with Crippen LogP contribution in [0.3, 0.4) is 0 Å². The second-order valence-electron chi connectivity index (χ2n) is 5.84. The highest BCUT2D eigenvalue weighted by Gasteiger charge is 2.17. The Balaban J connectivity index is 1.70. The van der Waals surface area contributed by atoms with Crippen LogP contribution >= 0.6 is 11.3 Å². The SMILES string of the molecule is C=CCn1c(C(=O)NCCN2CCCC2)cc2sc(C)cc21. The largest absolute Gasteiger partial charge is 0.349 e. The topological polar surface area (TPSA) is 37.3 Å². The minimum absolute atomic E-state index is 0.0158. The monoisotopic (exact) mass is 317 g/mol. The number of carbonyl (C=O) groups excluding carboxylic acids is 1. The lowest BCUT2D eigenvalue weighted by molar-refractivity contribution is 0.0941. The summed E-state index contributed by atoms with van der Waals surface area (Å²) in [4.78, 5) is 16.2. The van der Waals surface area contributed by atoms with Crippen LogP contribution in [0.4, 0.5) is 0 Å². The maximum atomic E-state index is 12.5. The molecule has 1 aliphatic rings. The summed E-state index contributed by atoms with van der Waals surface area (Å²) in [5, 5.41) is 3.06. The lowest BCUT2D eigenvalue weighted by Gasteiger charge is -2.15. The number of likely N-dealkylation sites (tertiary alicyclic amines) is 1. The summed E-state index contributed by atoms with van der Waals surface area (Å²) in [6, 6.07) is 4.15. The number of aryl methyl sites for hydroxylation is 1. The summed E-state index contributed by atoms with van der Waals surface area (Å²) in [5.41, 5.74) is 1.87. The Morgan fingerprint density at radius 2 is 2.18 bits per heavy atom. The standard InChI is InChI=1S/C17H23N3OS/c1-3-7-20-14-11-13(2)22-16(14)12-15(20)17(21)18-6-10-19-8-4-5-9-19/h3,11-12H,1,4-10H2,2H3,(H,18,21). The van der Waals surface area contributed by atoms with Gasteiger partial charge in [-0.2, -0.15) is 0 Å². The number of carbonyl (C=O) groups is 1. The molecule has 0 atom stereocenters. The lowest BCUT2D eigenvalue weighted by Crippen LogP contribution is -2.34. The van der Waals surface area contributed by atoms with Crippen LogP contribution in [0.1, 0.15) is 28.2 Å². The average Bonchev–Trinajstić information content (AvgIpc) is 3.17. The normalized spacial score (nSPS) is 15.5. The highest BCUT2D eigenvalue weighted by Crippen LogP contribution is 2.28. The quantitative estimate of drug-likeness (QED) is 0.832. The summed E-state index contributed by atoms with van der Waals surface area (Å²) < 4.78 is 3.22. The molecule has 0 radical (unpaired) electrons. The number of hydrogen-bond donors (Lipinski definition) is 1. The third-order valence-electron chi connectivity index (χ3n) is 4.17. The van der Waals surface area contributed by atoms with Crippen LogP contribution in [0, 0.1) is 6.92 Å². The van der Waals surface area contributed by atoms with Gasteiger partial charge in [-0.3, -0.25) is 4.79 Å². The molecule has 5 heteroatoms. The minimum atomic E-state index is 0.0158. The lowest BCUT2D eigenvalue weighted by atomic mass is 10.4. The van der Waals surface area contributed by atoms with E-state index in [0.717, 1.165) is 30.8 Å². The molecular weight excluding hydrogens is 294 g/mol. The molecule has 0 bridgehead atoms. The third kappa shape index (κ3) is 3.10. The van der Waals surface area contributed by atoms with E-state index in [1.807, 2.05) is 12.1 Å². The van der Waals surface area contributed by atoms with Crippen molar-refractivity contribution in [3.05, 3.63) is 35.4 Å². The van der Waals surface area contributed by atoms with E-state index < -0.39 is 0 Å². The van der Waals surface area contributed by atoms with Crippen molar-refractivity contribution in [2.24, 2.45) is 0 Å². The zero-order chi connectivity index (χ0) is 15.5. The van der Waals surface area contributed by atoms with Crippen molar-refractivity contribution >= 4 is 27.5 Å². The van der Waals surface area contributed by atoms with Crippen molar-refractivity contribution in [1.82, 2.24) is 14.8 Å². The second kappa shape index (κ2) is 6.67. The molecule has 0 aromatic carbocycles. The Kier molecular flexibility index (Phi) is 4.64. The van der Waals surface area contributed by atoms with E-state index in [9.17, 15) is 4.79 Å². The summed E-state index contributed by atoms with van der Waals surface area (Å²) in [6.07, 6.45) is 4.41. The van der Waals surface area contributed by atoms with Gasteiger partial charge in [-0.15, -0.1) is 17.9 Å². The van der Waals surface area contributed by atoms with Gasteiger partial charge in [-0.25, -0.2) is 0 Å². The van der Waals surface area contributed by atoms with Crippen LogP contribution in [0.5, 0.6) is 0 Å². The first-order chi connectivity index (χ1) is 10.7. The molecular formula is C17H23N3OS. The molecule has 1 amide bonds. The smallest absolute Gasteiger partial charge is 0.268 e. The number of hydrogen-bond acceptors (Lipinski definition) is 3. The molecule has 1 N–H and O–H groups in total. The maximum Gasteiger partial charge on any atom is 0.268 e. The van der Waals surface area contributed by atoms with Gasteiger partial charge in [0.05, 0.1) is 10.2 Å². The third-order valence-corrected chi connectivity index (χ3v) is 5.16. The molecule has 2 aromatic heterocycles. The van der Waals surface area contributed by atoms with Crippen LogP contribution in [-0.2, 0) is 6.54 Å². The number of nitrogens with one attached hydrogen (secondary N) is 1. The number of rotatable bonds is 6. The van der Waals surface area contributed by atoms with Gasteiger partial charge in [0.2, 0.25) is 0 Å². The Morgan fingerprint density at radius 3 is 2.91 bits per heavy atom. The van der Waals surface area contributed by atoms with Crippen molar-refractivity contribution in [3.8, 4) is 0 Å². The minimum Gasteiger partial charge on any atom is -0.349 e. The first-order valence-electron chi connectivity index (χ1n) is 7.90. The van der Waals surface area contributed by atoms with E-state index in [1.165, 1.54) is 22.4 Å². The van der Waals surface area contributed by atoms with Crippen LogP contribution in [0.15, 0.2) is 24.8 Å². The highest BCUT2D eigenvalue weighted by molar-refractivity contribution is 7.19. The number of amides is 1. The Hall–Kier alpha value is -1.59. The van der Waals surface area contributed by atoms with Gasteiger partial charge in [0, 0.05) is 24.5 Å². The maximum absolute atomic E-state index is 12.5. The van der Waals surface area contributed by atoms with Crippen molar-refractivity contribution in [2.75, 3.05) is 26.2 Å². The summed E-state index contributed by atoms with van der Waals surface area (Å²) in [6.45, 7) is 10.6. The fourth-order valence-corrected chi connectivity index (χ4v) is 4.06. The predicted molar refractivity (Wildman–Crippen MR) is 92.8 cm³/mol. The molecule has 4 nitrogen and oxygen atoms in total. The first kappa shape index (κ1) is 15.3. The van der Waals surface area contributed by atoms with E-state index in [-0.39, 0.29) is 5.91 Å². The number of allylic oxidation sites excluding steroid dienone is 1. The zero-order valence-corrected chi connectivity index (χ0v) is 13.9. The average molecular weight is 317 g/mol. The Labute approximate surface area is 135 Å². The molecule has 0 unspecified atom stereocenters. The molecule has 0 aliphatic carbocycles. The van der Waals surface area contributed by atoms with Crippen LogP contribution in [-0.4, -0.2) is 41.6 Å². The summed E-state index contributed by atoms with van der Waals surface area (Å²) in [7, 11) is 0. The molecule has 1 saturated heterocycles. The first-order valence-corrected chi connectivity index (χ1v) is 8.72. The van der Waals surface area contributed by atoms with Gasteiger partial charge in [-0.1, -0.05) is 6.08 Å². The zero-order valence-electron chi connectivity index (χ0n) is 13.1. The van der Waals surface area contributed by atoms with Gasteiger partial charge < -0.3 is 14.8 Å². The number of nitrogens with zero attached hydrogens (tertiary/aromatic N) is 2. The molecule has 3 heterocycles. The van der Waals surface area contributed by atoms with Gasteiger partial charge in [0.1, 0.15) is 5.69 Å². The fourth-order valence-electron chi connectivity index (χ4n) is 3.10. The van der Waals surface area contributed by atoms with Gasteiger partial charge >= 0.3 is 0 Å². The van der Waals surface area contributed by atoms with Crippen LogP contribution < -0.4 is 5.32 Å². The molecule has 22 heavy (non-hydrogen) atoms. The van der Waals surface area contributed by atoms with E-state index in [4.69, 9.17) is 0 Å². The summed E-state index contributed by atoms with van der Waals surface area (Å²) >= 11 is 1.73.